The molecule has 0 aromatic carbocycles. The highest BCUT2D eigenvalue weighted by atomic mass is 32.1. The Bertz CT molecular complexity index is 487. The van der Waals surface area contributed by atoms with Crippen LogP contribution in [-0.4, -0.2) is 46.2 Å². The highest BCUT2D eigenvalue weighted by Crippen LogP contribution is 2.37. The maximum Gasteiger partial charge on any atom is 0.263 e. The third kappa shape index (κ3) is 3.15. The van der Waals surface area contributed by atoms with Gasteiger partial charge in [-0.3, -0.25) is 9.59 Å². The average Bonchev–Trinajstić information content (AvgIpc) is 2.72. The van der Waals surface area contributed by atoms with E-state index < -0.39 is 5.91 Å². The van der Waals surface area contributed by atoms with Crippen LogP contribution < -0.4 is 21.7 Å². The largest absolute Gasteiger partial charge is 0.397 e. The summed E-state index contributed by atoms with van der Waals surface area (Å²) < 4.78 is 4.98. The zero-order valence-corrected chi connectivity index (χ0v) is 12.0. The molecule has 0 aliphatic carbocycles. The van der Waals surface area contributed by atoms with E-state index in [1.165, 1.54) is 7.05 Å². The molecule has 0 spiro atoms. The monoisotopic (exact) mass is 286 g/mol. The highest BCUT2D eigenvalue weighted by molar-refractivity contribution is 7.19. The minimum atomic E-state index is -0.650. The van der Waals surface area contributed by atoms with E-state index in [1.807, 2.05) is 0 Å². The van der Waals surface area contributed by atoms with Crippen LogP contribution in [0.5, 0.6) is 0 Å². The number of nitrogens with two attached hydrogens (primary N) is 2. The number of primary amides is 1. The summed E-state index contributed by atoms with van der Waals surface area (Å²) in [6.45, 7) is 1.05. The molecule has 2 amide bonds. The summed E-state index contributed by atoms with van der Waals surface area (Å²) >= 11 is 1.14. The van der Waals surface area contributed by atoms with Crippen molar-refractivity contribution in [3.05, 3.63) is 10.4 Å². The molecule has 1 aromatic rings. The number of amides is 2. The molecule has 106 valence electrons. The Morgan fingerprint density at radius 3 is 2.58 bits per heavy atom. The zero-order chi connectivity index (χ0) is 14.6. The second-order valence-electron chi connectivity index (χ2n) is 3.88. The van der Waals surface area contributed by atoms with Gasteiger partial charge in [0.1, 0.15) is 9.88 Å². The van der Waals surface area contributed by atoms with E-state index in [-0.39, 0.29) is 22.0 Å². The summed E-state index contributed by atoms with van der Waals surface area (Å²) in [5.74, 6) is -0.987. The molecule has 0 bridgehead atoms. The van der Waals surface area contributed by atoms with E-state index in [0.717, 1.165) is 11.3 Å². The standard InChI is InChI=1S/C11H18N4O3S/c1-14-10(17)8-7(12)6(9(13)16)11(19-8)15(2)4-5-18-3/h4-5,12H2,1-3H3,(H2,13,16)(H,14,17). The lowest BCUT2D eigenvalue weighted by Gasteiger charge is -2.17. The number of likely N-dealkylation sites (N-methyl/N-ethyl adjacent to an activating group) is 1. The molecule has 0 atom stereocenters. The van der Waals surface area contributed by atoms with Crippen molar-refractivity contribution in [2.24, 2.45) is 5.73 Å². The van der Waals surface area contributed by atoms with E-state index in [9.17, 15) is 9.59 Å². The van der Waals surface area contributed by atoms with Crippen LogP contribution in [0.4, 0.5) is 10.7 Å². The predicted octanol–water partition coefficient (Wildman–Crippen LogP) is -0.129. The smallest absolute Gasteiger partial charge is 0.263 e. The van der Waals surface area contributed by atoms with Gasteiger partial charge in [0.25, 0.3) is 11.8 Å². The van der Waals surface area contributed by atoms with Crippen LogP contribution in [0.25, 0.3) is 0 Å². The van der Waals surface area contributed by atoms with Gasteiger partial charge in [0.05, 0.1) is 17.9 Å². The van der Waals surface area contributed by atoms with Gasteiger partial charge in [-0.1, -0.05) is 0 Å². The number of nitrogens with one attached hydrogen (secondary N) is 1. The first-order valence-corrected chi connectivity index (χ1v) is 6.39. The Labute approximate surface area is 115 Å². The zero-order valence-electron chi connectivity index (χ0n) is 11.1. The number of nitrogens with zero attached hydrogens (tertiary/aromatic N) is 1. The van der Waals surface area contributed by atoms with Gasteiger partial charge < -0.3 is 26.4 Å². The Kier molecular flexibility index (Phi) is 5.13. The van der Waals surface area contributed by atoms with Crippen LogP contribution in [0.2, 0.25) is 0 Å². The number of hydrogen-bond acceptors (Lipinski definition) is 6. The van der Waals surface area contributed by atoms with Crippen LogP contribution in [0.15, 0.2) is 0 Å². The number of nitrogen functional groups attached to an aromatic ring is 1. The van der Waals surface area contributed by atoms with Gasteiger partial charge in [-0.15, -0.1) is 11.3 Å². The molecule has 0 radical (unpaired) electrons. The second-order valence-corrected chi connectivity index (χ2v) is 4.88. The quantitative estimate of drug-likeness (QED) is 0.674. The molecule has 0 aliphatic rings. The maximum atomic E-state index is 11.7. The fourth-order valence-electron chi connectivity index (χ4n) is 1.55. The van der Waals surface area contributed by atoms with E-state index >= 15 is 0 Å². The molecule has 0 fully saturated rings. The first-order chi connectivity index (χ1) is 8.93. The number of ether oxygens (including phenoxy) is 1. The molecule has 0 aliphatic heterocycles. The van der Waals surface area contributed by atoms with Crippen molar-refractivity contribution >= 4 is 33.8 Å². The summed E-state index contributed by atoms with van der Waals surface area (Å²) in [5, 5.41) is 3.05. The molecule has 0 saturated carbocycles. The summed E-state index contributed by atoms with van der Waals surface area (Å²) in [6.07, 6.45) is 0. The number of hydrogen-bond donors (Lipinski definition) is 3. The summed E-state index contributed by atoms with van der Waals surface area (Å²) in [7, 11) is 4.87. The number of carbonyl (C=O) groups is 2. The van der Waals surface area contributed by atoms with Gasteiger partial charge in [0.15, 0.2) is 0 Å². The third-order valence-electron chi connectivity index (χ3n) is 2.58. The molecule has 8 heteroatoms. The first-order valence-electron chi connectivity index (χ1n) is 5.58. The average molecular weight is 286 g/mol. The van der Waals surface area contributed by atoms with Crippen molar-refractivity contribution in [1.29, 1.82) is 0 Å². The molecule has 0 unspecified atom stereocenters. The number of anilines is 2. The summed E-state index contributed by atoms with van der Waals surface area (Å²) in [6, 6.07) is 0. The lowest BCUT2D eigenvalue weighted by Crippen LogP contribution is -2.24. The maximum absolute atomic E-state index is 11.7. The van der Waals surface area contributed by atoms with E-state index in [1.54, 1.807) is 19.1 Å². The van der Waals surface area contributed by atoms with Crippen LogP contribution in [0.1, 0.15) is 20.0 Å². The minimum Gasteiger partial charge on any atom is -0.397 e. The Morgan fingerprint density at radius 1 is 1.47 bits per heavy atom. The molecule has 1 rings (SSSR count). The number of thiophene rings is 1. The van der Waals surface area contributed by atoms with Crippen LogP contribution in [0, 0.1) is 0 Å². The second kappa shape index (κ2) is 6.39. The third-order valence-corrected chi connectivity index (χ3v) is 3.90. The highest BCUT2D eigenvalue weighted by Gasteiger charge is 2.25. The fraction of sp³-hybridized carbons (Fsp3) is 0.455. The number of methoxy groups -OCH3 is 1. The van der Waals surface area contributed by atoms with Crippen molar-refractivity contribution < 1.29 is 14.3 Å². The molecule has 7 nitrogen and oxygen atoms in total. The molecular formula is C11H18N4O3S. The molecule has 5 N–H and O–H groups in total. The SMILES string of the molecule is CNC(=O)c1sc(N(C)CCOC)c(C(N)=O)c1N. The Hall–Kier alpha value is -1.80. The van der Waals surface area contributed by atoms with Gasteiger partial charge in [0.2, 0.25) is 0 Å². The first kappa shape index (κ1) is 15.3. The number of rotatable bonds is 6. The van der Waals surface area contributed by atoms with Crippen LogP contribution in [-0.2, 0) is 4.74 Å². The van der Waals surface area contributed by atoms with Crippen molar-refractivity contribution in [2.45, 2.75) is 0 Å². The lowest BCUT2D eigenvalue weighted by molar-refractivity contribution is 0.0967. The van der Waals surface area contributed by atoms with E-state index in [0.29, 0.717) is 18.2 Å². The van der Waals surface area contributed by atoms with Gasteiger partial charge in [0, 0.05) is 27.7 Å². The van der Waals surface area contributed by atoms with Gasteiger partial charge in [-0.25, -0.2) is 0 Å². The van der Waals surface area contributed by atoms with Gasteiger partial charge >= 0.3 is 0 Å². The predicted molar refractivity (Wildman–Crippen MR) is 75.8 cm³/mol. The minimum absolute atomic E-state index is 0.121. The van der Waals surface area contributed by atoms with Gasteiger partial charge in [-0.05, 0) is 0 Å². The van der Waals surface area contributed by atoms with E-state index in [4.69, 9.17) is 16.2 Å². The fourth-order valence-corrected chi connectivity index (χ4v) is 2.71. The summed E-state index contributed by atoms with van der Waals surface area (Å²) in [5.41, 5.74) is 11.5. The topological polar surface area (TPSA) is 111 Å². The van der Waals surface area contributed by atoms with Crippen LogP contribution in [0.3, 0.4) is 0 Å². The Morgan fingerprint density at radius 2 is 2.11 bits per heavy atom. The van der Waals surface area contributed by atoms with E-state index in [2.05, 4.69) is 5.32 Å². The molecular weight excluding hydrogens is 268 g/mol. The van der Waals surface area contributed by atoms with Crippen LogP contribution >= 0.6 is 11.3 Å². The van der Waals surface area contributed by atoms with Crippen molar-refractivity contribution in [3.63, 3.8) is 0 Å². The van der Waals surface area contributed by atoms with Gasteiger partial charge in [-0.2, -0.15) is 0 Å². The molecule has 0 saturated heterocycles. The normalized spacial score (nSPS) is 10.3. The summed E-state index contributed by atoms with van der Waals surface area (Å²) in [4.78, 5) is 25.3. The number of carbonyl (C=O) groups excluding carboxylic acids is 2. The lowest BCUT2D eigenvalue weighted by atomic mass is 10.2. The van der Waals surface area contributed by atoms with Crippen molar-refractivity contribution in [2.75, 3.05) is 45.0 Å². The molecule has 19 heavy (non-hydrogen) atoms. The molecule has 1 aromatic heterocycles. The Balaban J connectivity index is 3.22. The van der Waals surface area contributed by atoms with Crippen molar-refractivity contribution in [1.82, 2.24) is 5.32 Å². The molecule has 1 heterocycles. The van der Waals surface area contributed by atoms with Crippen molar-refractivity contribution in [3.8, 4) is 0 Å².